The number of rotatable bonds is 6. The van der Waals surface area contributed by atoms with Crippen molar-refractivity contribution >= 4 is 17.5 Å². The zero-order valence-corrected chi connectivity index (χ0v) is 17.2. The molecule has 0 radical (unpaired) electrons. The summed E-state index contributed by atoms with van der Waals surface area (Å²) in [6, 6.07) is 14.4. The third-order valence-corrected chi connectivity index (χ3v) is 4.77. The number of benzene rings is 2. The van der Waals surface area contributed by atoms with Crippen molar-refractivity contribution in [3.8, 4) is 22.7 Å². The van der Waals surface area contributed by atoms with E-state index in [1.165, 1.54) is 0 Å². The van der Waals surface area contributed by atoms with Gasteiger partial charge in [-0.3, -0.25) is 4.79 Å². The van der Waals surface area contributed by atoms with Gasteiger partial charge in [0.05, 0.1) is 31.4 Å². The monoisotopic (exact) mass is 422 g/mol. The summed E-state index contributed by atoms with van der Waals surface area (Å²) >= 11 is 6.02. The molecule has 0 saturated heterocycles. The first-order valence-electron chi connectivity index (χ1n) is 9.22. The maximum Gasteiger partial charge on any atom is 0.251 e. The van der Waals surface area contributed by atoms with Crippen molar-refractivity contribution in [2.24, 2.45) is 0 Å². The highest BCUT2D eigenvalue weighted by Gasteiger charge is 2.13. The number of imidazole rings is 1. The lowest BCUT2D eigenvalue weighted by atomic mass is 10.1. The molecule has 0 fully saturated rings. The highest BCUT2D eigenvalue weighted by molar-refractivity contribution is 6.30. The van der Waals surface area contributed by atoms with Crippen LogP contribution in [0.3, 0.4) is 0 Å². The van der Waals surface area contributed by atoms with Crippen LogP contribution in [0.15, 0.2) is 65.6 Å². The van der Waals surface area contributed by atoms with Crippen LogP contribution in [0.1, 0.15) is 21.8 Å². The summed E-state index contributed by atoms with van der Waals surface area (Å²) < 4.78 is 12.6. The quantitative estimate of drug-likeness (QED) is 0.497. The number of halogens is 1. The Morgan fingerprint density at radius 2 is 2.10 bits per heavy atom. The lowest BCUT2D eigenvalue weighted by Crippen LogP contribution is -2.22. The van der Waals surface area contributed by atoms with Gasteiger partial charge in [0.1, 0.15) is 11.4 Å². The molecule has 0 aliphatic rings. The lowest BCUT2D eigenvalue weighted by molar-refractivity contribution is 0.0946. The van der Waals surface area contributed by atoms with E-state index in [4.69, 9.17) is 20.9 Å². The number of hydrogen-bond donors (Lipinski definition) is 1. The maximum absolute atomic E-state index is 12.6. The number of amides is 1. The molecular weight excluding hydrogens is 404 g/mol. The number of methoxy groups -OCH3 is 1. The minimum Gasteiger partial charge on any atom is -0.495 e. The van der Waals surface area contributed by atoms with Gasteiger partial charge in [0.25, 0.3) is 5.91 Å². The molecule has 2 aromatic heterocycles. The molecular formula is C22H19ClN4O3. The summed E-state index contributed by atoms with van der Waals surface area (Å²) in [5, 5.41) is 7.49. The Bertz CT molecular complexity index is 1200. The van der Waals surface area contributed by atoms with Crippen molar-refractivity contribution in [2.45, 2.75) is 13.5 Å². The fourth-order valence-electron chi connectivity index (χ4n) is 3.03. The number of aromatic nitrogens is 3. The zero-order valence-electron chi connectivity index (χ0n) is 16.4. The number of hydrogen-bond acceptors (Lipinski definition) is 5. The Labute approximate surface area is 178 Å². The predicted octanol–water partition coefficient (Wildman–Crippen LogP) is 4.43. The summed E-state index contributed by atoms with van der Waals surface area (Å²) in [7, 11) is 1.57. The fourth-order valence-corrected chi connectivity index (χ4v) is 3.23. The van der Waals surface area contributed by atoms with Crippen molar-refractivity contribution in [1.82, 2.24) is 20.0 Å². The SMILES string of the molecule is COc1cc(C(=O)NCc2cc(-c3cccc(Cl)c3)no2)ccc1-n1cnc(C)c1. The van der Waals surface area contributed by atoms with E-state index in [-0.39, 0.29) is 12.5 Å². The van der Waals surface area contributed by atoms with Gasteiger partial charge in [-0.1, -0.05) is 28.9 Å². The topological polar surface area (TPSA) is 82.2 Å². The number of aryl methyl sites for hydroxylation is 1. The molecule has 4 rings (SSSR count). The average Bonchev–Trinajstić information content (AvgIpc) is 3.40. The van der Waals surface area contributed by atoms with E-state index in [0.29, 0.717) is 27.8 Å². The number of nitrogens with zero attached hydrogens (tertiary/aromatic N) is 3. The Morgan fingerprint density at radius 3 is 2.83 bits per heavy atom. The van der Waals surface area contributed by atoms with E-state index in [2.05, 4.69) is 15.5 Å². The van der Waals surface area contributed by atoms with Crippen LogP contribution >= 0.6 is 11.6 Å². The van der Waals surface area contributed by atoms with Crippen molar-refractivity contribution in [2.75, 3.05) is 7.11 Å². The fraction of sp³-hybridized carbons (Fsp3) is 0.136. The molecule has 0 saturated carbocycles. The summed E-state index contributed by atoms with van der Waals surface area (Å²) in [4.78, 5) is 16.8. The Balaban J connectivity index is 1.45. The number of nitrogens with one attached hydrogen (secondary N) is 1. The first-order valence-corrected chi connectivity index (χ1v) is 9.60. The first-order chi connectivity index (χ1) is 14.5. The summed E-state index contributed by atoms with van der Waals surface area (Å²) in [6.45, 7) is 2.11. The van der Waals surface area contributed by atoms with Gasteiger partial charge in [-0.2, -0.15) is 0 Å². The van der Waals surface area contributed by atoms with Crippen LogP contribution < -0.4 is 10.1 Å². The van der Waals surface area contributed by atoms with Gasteiger partial charge in [0.15, 0.2) is 5.76 Å². The summed E-state index contributed by atoms with van der Waals surface area (Å²) in [5.41, 5.74) is 3.67. The van der Waals surface area contributed by atoms with E-state index >= 15 is 0 Å². The number of carbonyl (C=O) groups excluding carboxylic acids is 1. The Kier molecular flexibility index (Phi) is 5.54. The number of ether oxygens (including phenoxy) is 1. The smallest absolute Gasteiger partial charge is 0.251 e. The van der Waals surface area contributed by atoms with Crippen LogP contribution in [-0.2, 0) is 6.54 Å². The Hall–Kier alpha value is -3.58. The second kappa shape index (κ2) is 8.42. The van der Waals surface area contributed by atoms with Crippen LogP contribution in [-0.4, -0.2) is 27.7 Å². The first kappa shape index (κ1) is 19.7. The van der Waals surface area contributed by atoms with Crippen LogP contribution in [0.5, 0.6) is 5.75 Å². The molecule has 7 nitrogen and oxygen atoms in total. The molecule has 1 amide bonds. The molecule has 0 unspecified atom stereocenters. The average molecular weight is 423 g/mol. The van der Waals surface area contributed by atoms with E-state index in [9.17, 15) is 4.79 Å². The normalized spacial score (nSPS) is 10.8. The summed E-state index contributed by atoms with van der Waals surface area (Å²) in [6.07, 6.45) is 3.59. The summed E-state index contributed by atoms with van der Waals surface area (Å²) in [5.74, 6) is 0.862. The lowest BCUT2D eigenvalue weighted by Gasteiger charge is -2.11. The van der Waals surface area contributed by atoms with Gasteiger partial charge >= 0.3 is 0 Å². The van der Waals surface area contributed by atoms with Gasteiger partial charge in [0.2, 0.25) is 0 Å². The minimum atomic E-state index is -0.248. The molecule has 0 spiro atoms. The van der Waals surface area contributed by atoms with Crippen molar-refractivity contribution in [3.05, 3.63) is 83.1 Å². The predicted molar refractivity (Wildman–Crippen MR) is 113 cm³/mol. The molecule has 1 N–H and O–H groups in total. The van der Waals surface area contributed by atoms with Gasteiger partial charge in [-0.05, 0) is 37.3 Å². The van der Waals surface area contributed by atoms with Crippen molar-refractivity contribution < 1.29 is 14.1 Å². The van der Waals surface area contributed by atoms with Crippen LogP contribution in [0.25, 0.3) is 16.9 Å². The van der Waals surface area contributed by atoms with Gasteiger partial charge in [-0.25, -0.2) is 4.98 Å². The molecule has 152 valence electrons. The van der Waals surface area contributed by atoms with Crippen LogP contribution in [0.4, 0.5) is 0 Å². The second-order valence-electron chi connectivity index (χ2n) is 6.68. The van der Waals surface area contributed by atoms with E-state index < -0.39 is 0 Å². The molecule has 2 aromatic carbocycles. The molecule has 0 atom stereocenters. The van der Waals surface area contributed by atoms with Crippen LogP contribution in [0.2, 0.25) is 5.02 Å². The molecule has 8 heteroatoms. The Morgan fingerprint density at radius 1 is 1.23 bits per heavy atom. The van der Waals surface area contributed by atoms with Gasteiger partial charge in [-0.15, -0.1) is 0 Å². The highest BCUT2D eigenvalue weighted by Crippen LogP contribution is 2.25. The standard InChI is InChI=1S/C22H19ClN4O3/c1-14-12-27(13-25-14)20-7-6-16(9-21(20)29-2)22(28)24-11-18-10-19(26-30-18)15-4-3-5-17(23)8-15/h3-10,12-13H,11H2,1-2H3,(H,24,28). The molecule has 0 aliphatic heterocycles. The van der Waals surface area contributed by atoms with E-state index in [0.717, 1.165) is 16.9 Å². The molecule has 4 aromatic rings. The molecule has 2 heterocycles. The van der Waals surface area contributed by atoms with E-state index in [1.807, 2.05) is 35.9 Å². The zero-order chi connectivity index (χ0) is 21.1. The highest BCUT2D eigenvalue weighted by atomic mass is 35.5. The second-order valence-corrected chi connectivity index (χ2v) is 7.12. The molecule has 30 heavy (non-hydrogen) atoms. The third kappa shape index (κ3) is 4.21. The number of carbonyl (C=O) groups is 1. The molecule has 0 aliphatic carbocycles. The third-order valence-electron chi connectivity index (χ3n) is 4.53. The van der Waals surface area contributed by atoms with Crippen LogP contribution in [0, 0.1) is 6.92 Å². The van der Waals surface area contributed by atoms with E-state index in [1.54, 1.807) is 43.8 Å². The largest absolute Gasteiger partial charge is 0.495 e. The molecule has 0 bridgehead atoms. The van der Waals surface area contributed by atoms with Crippen molar-refractivity contribution in [1.29, 1.82) is 0 Å². The van der Waals surface area contributed by atoms with Gasteiger partial charge < -0.3 is 19.1 Å². The maximum atomic E-state index is 12.6. The van der Waals surface area contributed by atoms with Crippen molar-refractivity contribution in [3.63, 3.8) is 0 Å². The minimum absolute atomic E-state index is 0.206. The van der Waals surface area contributed by atoms with Gasteiger partial charge in [0, 0.05) is 28.4 Å².